The predicted octanol–water partition coefficient (Wildman–Crippen LogP) is 1.34. The molecule has 22 nitrogen and oxygen atoms in total. The molecule has 4 amide bonds. The largest absolute Gasteiger partial charge is 0.508 e. The standard InChI is InChI=1S/C52H75N11O11/c1-5-31(4)38(48(70)59-35(23-34-27-56-29-58-34)28-63-20-10-14-43(63)50(72)62-42(51(73)74)22-32-11-7-6-8-12-32)25-45(66)41(21-33-15-17-36(64)18-16-33)61-47(69)37(30(2)3)24-44(65)40(13-9-19-57-52(54)55)60-49(71)39(53)26-46(67)68/h6-8,11-12,15-18,27,29-31,35,37-43,64H,5,9-10,13-14,19-26,28,53H2,1-4H3,(H,56,58)(H,59,70)(H,60,71)(H,61,69)(H,62,72)(H,67,68)(H,73,74)(H4,54,55,57)/t31-,35-,37-,38-,39-,40-,41-,42?,43-/m0/s1. The number of hydrogen-bond donors (Lipinski definition) is 11. The fourth-order valence-electron chi connectivity index (χ4n) is 9.03. The number of aromatic amines is 1. The van der Waals surface area contributed by atoms with Crippen LogP contribution in [0.3, 0.4) is 0 Å². The van der Waals surface area contributed by atoms with Gasteiger partial charge < -0.3 is 58.8 Å². The Labute approximate surface area is 431 Å². The van der Waals surface area contributed by atoms with E-state index in [1.54, 1.807) is 56.4 Å². The van der Waals surface area contributed by atoms with Gasteiger partial charge in [-0.15, -0.1) is 0 Å². The van der Waals surface area contributed by atoms with Crippen molar-refractivity contribution in [2.45, 2.75) is 135 Å². The molecular weight excluding hydrogens is 955 g/mol. The van der Waals surface area contributed by atoms with E-state index in [1.807, 2.05) is 24.8 Å². The summed E-state index contributed by atoms with van der Waals surface area (Å²) in [4.78, 5) is 121. The molecule has 0 aliphatic carbocycles. The number of aromatic nitrogens is 2. The SMILES string of the molecule is CC[C@H](C)[C@H](CC(=O)[C@H](Cc1ccc(O)cc1)NC(=O)[C@@H](CC(=O)[C@H](CCCN=C(N)N)NC(=O)[C@@H](N)CC(=O)O)C(C)C)C(=O)N[C@@H](Cc1cnc[nH]1)CN1CCC[C@H]1C(=O)NC(Cc1ccccc1)C(=O)O. The van der Waals surface area contributed by atoms with Gasteiger partial charge in [-0.3, -0.25) is 43.5 Å². The van der Waals surface area contributed by atoms with Crippen molar-refractivity contribution in [2.24, 2.45) is 45.9 Å². The average molecular weight is 1030 g/mol. The first-order valence-corrected chi connectivity index (χ1v) is 25.2. The van der Waals surface area contributed by atoms with Crippen LogP contribution >= 0.6 is 0 Å². The number of hydrogen-bond acceptors (Lipinski definition) is 13. The minimum absolute atomic E-state index is 0.0190. The van der Waals surface area contributed by atoms with Gasteiger partial charge in [-0.25, -0.2) is 9.78 Å². The number of phenols is 1. The minimum atomic E-state index is -1.46. The number of aliphatic carboxylic acids is 2. The van der Waals surface area contributed by atoms with E-state index in [0.717, 1.165) is 5.56 Å². The Morgan fingerprint density at radius 1 is 0.784 bits per heavy atom. The van der Waals surface area contributed by atoms with E-state index < -0.39 is 108 Å². The number of ketones is 2. The molecule has 1 unspecified atom stereocenters. The van der Waals surface area contributed by atoms with Gasteiger partial charge in [0, 0.05) is 68.5 Å². The Morgan fingerprint density at radius 3 is 2.01 bits per heavy atom. The second-order valence-electron chi connectivity index (χ2n) is 19.6. The molecule has 2 aromatic carbocycles. The highest BCUT2D eigenvalue weighted by molar-refractivity contribution is 5.96. The lowest BCUT2D eigenvalue weighted by Gasteiger charge is -2.31. The summed E-state index contributed by atoms with van der Waals surface area (Å²) in [6.07, 6.45) is 4.04. The second kappa shape index (κ2) is 29.5. The molecule has 0 bridgehead atoms. The summed E-state index contributed by atoms with van der Waals surface area (Å²) in [6, 6.07) is 8.83. The van der Waals surface area contributed by atoms with Gasteiger partial charge in [0.1, 0.15) is 11.8 Å². The van der Waals surface area contributed by atoms with Crippen molar-refractivity contribution in [1.29, 1.82) is 0 Å². The topological polar surface area (TPSA) is 368 Å². The molecule has 1 aromatic heterocycles. The zero-order valence-corrected chi connectivity index (χ0v) is 42.7. The first-order chi connectivity index (χ1) is 35.1. The molecular formula is C52H75N11O11. The first-order valence-electron chi connectivity index (χ1n) is 25.2. The fraction of sp³-hybridized carbons (Fsp3) is 0.538. The molecule has 14 N–H and O–H groups in total. The summed E-state index contributed by atoms with van der Waals surface area (Å²) in [5.74, 6) is -8.77. The van der Waals surface area contributed by atoms with E-state index in [4.69, 9.17) is 17.2 Å². The van der Waals surface area contributed by atoms with E-state index in [1.165, 1.54) is 18.5 Å². The van der Waals surface area contributed by atoms with Crippen molar-refractivity contribution >= 4 is 53.1 Å². The van der Waals surface area contributed by atoms with Crippen LogP contribution in [0, 0.1) is 23.7 Å². The molecule has 4 rings (SSSR count). The molecule has 22 heteroatoms. The van der Waals surface area contributed by atoms with Gasteiger partial charge in [-0.1, -0.05) is 76.6 Å². The predicted molar refractivity (Wildman–Crippen MR) is 275 cm³/mol. The van der Waals surface area contributed by atoms with Crippen molar-refractivity contribution in [2.75, 3.05) is 19.6 Å². The summed E-state index contributed by atoms with van der Waals surface area (Å²) in [7, 11) is 0. The number of imidazole rings is 1. The quantitative estimate of drug-likeness (QED) is 0.0239. The number of carboxylic acids is 2. The van der Waals surface area contributed by atoms with Crippen molar-refractivity contribution in [1.82, 2.24) is 36.1 Å². The van der Waals surface area contributed by atoms with E-state index in [0.29, 0.717) is 37.1 Å². The molecule has 0 radical (unpaired) electrons. The van der Waals surface area contributed by atoms with E-state index in [-0.39, 0.29) is 75.7 Å². The Kier molecular flexibility index (Phi) is 23.7. The fourth-order valence-corrected chi connectivity index (χ4v) is 9.03. The number of benzene rings is 2. The van der Waals surface area contributed by atoms with Crippen molar-refractivity contribution in [3.05, 3.63) is 83.9 Å². The third-order valence-electron chi connectivity index (χ3n) is 13.5. The van der Waals surface area contributed by atoms with Crippen LogP contribution in [0.15, 0.2) is 72.1 Å². The molecule has 2 heterocycles. The van der Waals surface area contributed by atoms with Gasteiger partial charge in [-0.2, -0.15) is 0 Å². The number of H-pyrrole nitrogens is 1. The van der Waals surface area contributed by atoms with Gasteiger partial charge in [0.15, 0.2) is 17.5 Å². The maximum atomic E-state index is 14.7. The second-order valence-corrected chi connectivity index (χ2v) is 19.6. The number of aliphatic imine (C=N–C) groups is 1. The smallest absolute Gasteiger partial charge is 0.326 e. The number of nitrogens with two attached hydrogens (primary N) is 3. The van der Waals surface area contributed by atoms with E-state index in [9.17, 15) is 53.7 Å². The van der Waals surface area contributed by atoms with Gasteiger partial charge in [0.05, 0.1) is 36.9 Å². The highest BCUT2D eigenvalue weighted by Crippen LogP contribution is 2.25. The van der Waals surface area contributed by atoms with Crippen LogP contribution in [-0.4, -0.2) is 139 Å². The van der Waals surface area contributed by atoms with Crippen molar-refractivity contribution in [3.63, 3.8) is 0 Å². The van der Waals surface area contributed by atoms with Crippen molar-refractivity contribution in [3.8, 4) is 5.75 Å². The third-order valence-corrected chi connectivity index (χ3v) is 13.5. The Morgan fingerprint density at radius 2 is 1.41 bits per heavy atom. The zero-order chi connectivity index (χ0) is 54.5. The maximum Gasteiger partial charge on any atom is 0.326 e. The molecule has 1 saturated heterocycles. The van der Waals surface area contributed by atoms with Crippen LogP contribution in [0.4, 0.5) is 0 Å². The molecule has 9 atom stereocenters. The number of guanidine groups is 1. The number of nitrogens with one attached hydrogen (secondary N) is 5. The molecule has 0 saturated carbocycles. The van der Waals surface area contributed by atoms with Crippen molar-refractivity contribution < 1.29 is 53.7 Å². The number of nitrogens with zero attached hydrogens (tertiary/aromatic N) is 3. The summed E-state index contributed by atoms with van der Waals surface area (Å²) in [6.45, 7) is 8.03. The molecule has 0 spiro atoms. The molecule has 404 valence electrons. The molecule has 74 heavy (non-hydrogen) atoms. The minimum Gasteiger partial charge on any atom is -0.508 e. The van der Waals surface area contributed by atoms with Crippen LogP contribution in [0.5, 0.6) is 5.75 Å². The molecule has 1 fully saturated rings. The zero-order valence-electron chi connectivity index (χ0n) is 42.7. The number of Topliss-reactive ketones (excluding diaryl/α,β-unsaturated/α-hetero) is 2. The number of carbonyl (C=O) groups excluding carboxylic acids is 6. The Hall–Kier alpha value is -7.20. The number of carbonyl (C=O) groups is 8. The van der Waals surface area contributed by atoms with Gasteiger partial charge in [-0.05, 0) is 73.7 Å². The van der Waals surface area contributed by atoms with Crippen LogP contribution in [0.1, 0.15) is 95.9 Å². The van der Waals surface area contributed by atoms with Crippen LogP contribution in [0.25, 0.3) is 0 Å². The molecule has 3 aromatic rings. The average Bonchev–Trinajstić information content (AvgIpc) is 4.05. The van der Waals surface area contributed by atoms with E-state index >= 15 is 0 Å². The monoisotopic (exact) mass is 1030 g/mol. The number of rotatable bonds is 32. The highest BCUT2D eigenvalue weighted by Gasteiger charge is 2.38. The maximum absolute atomic E-state index is 14.7. The number of amides is 4. The summed E-state index contributed by atoms with van der Waals surface area (Å²) in [5.41, 5.74) is 18.8. The lowest BCUT2D eigenvalue weighted by atomic mass is 9.83. The van der Waals surface area contributed by atoms with Crippen LogP contribution in [0.2, 0.25) is 0 Å². The Balaban J connectivity index is 1.56. The first kappa shape index (κ1) is 59.4. The molecule has 1 aliphatic rings. The van der Waals surface area contributed by atoms with Crippen LogP contribution < -0.4 is 38.5 Å². The highest BCUT2D eigenvalue weighted by atomic mass is 16.4. The third kappa shape index (κ3) is 19.3. The number of carboxylic acid groups (broad SMARTS) is 2. The lowest BCUT2D eigenvalue weighted by molar-refractivity contribution is -0.142. The number of phenolic OH excluding ortho intramolecular Hbond substituents is 1. The summed E-state index contributed by atoms with van der Waals surface area (Å²) >= 11 is 0. The van der Waals surface area contributed by atoms with Gasteiger partial charge in [0.25, 0.3) is 0 Å². The summed E-state index contributed by atoms with van der Waals surface area (Å²) in [5, 5.41) is 40.6. The van der Waals surface area contributed by atoms with Gasteiger partial charge >= 0.3 is 11.9 Å². The van der Waals surface area contributed by atoms with Gasteiger partial charge in [0.2, 0.25) is 23.6 Å². The number of likely N-dealkylation sites (tertiary alicyclic amines) is 1. The summed E-state index contributed by atoms with van der Waals surface area (Å²) < 4.78 is 0. The molecule has 1 aliphatic heterocycles. The normalized spacial score (nSPS) is 16.8. The number of aromatic hydroxyl groups is 1. The van der Waals surface area contributed by atoms with E-state index in [2.05, 4.69) is 36.2 Å². The Bertz CT molecular complexity index is 2360. The van der Waals surface area contributed by atoms with Crippen LogP contribution in [-0.2, 0) is 57.6 Å². The lowest BCUT2D eigenvalue weighted by Crippen LogP contribution is -2.54.